The highest BCUT2D eigenvalue weighted by Gasteiger charge is 2.12. The molecule has 0 radical (unpaired) electrons. The molecule has 2 N–H and O–H groups in total. The number of aromatic nitrogens is 1. The summed E-state index contributed by atoms with van der Waals surface area (Å²) in [6, 6.07) is 10.6. The minimum atomic E-state index is -0.330. The van der Waals surface area contributed by atoms with Gasteiger partial charge < -0.3 is 14.2 Å². The first-order valence-electron chi connectivity index (χ1n) is 7.37. The van der Waals surface area contributed by atoms with Crippen molar-refractivity contribution in [3.05, 3.63) is 42.0 Å². The summed E-state index contributed by atoms with van der Waals surface area (Å²) in [6.45, 7) is 0. The maximum Gasteiger partial charge on any atom is 0.269 e. The van der Waals surface area contributed by atoms with Crippen LogP contribution in [0.3, 0.4) is 0 Å². The first-order chi connectivity index (χ1) is 12.1. The fourth-order valence-electron chi connectivity index (χ4n) is 2.26. The van der Waals surface area contributed by atoms with Gasteiger partial charge in [-0.2, -0.15) is 0 Å². The van der Waals surface area contributed by atoms with Gasteiger partial charge in [0, 0.05) is 11.6 Å². The van der Waals surface area contributed by atoms with Crippen LogP contribution < -0.4 is 25.1 Å². The number of para-hydroxylation sites is 1. The van der Waals surface area contributed by atoms with E-state index >= 15 is 0 Å². The van der Waals surface area contributed by atoms with Gasteiger partial charge in [-0.15, -0.1) is 0 Å². The lowest BCUT2D eigenvalue weighted by Crippen LogP contribution is -2.29. The highest BCUT2D eigenvalue weighted by molar-refractivity contribution is 7.22. The van der Waals surface area contributed by atoms with Crippen molar-refractivity contribution in [1.82, 2.24) is 10.4 Å². The largest absolute Gasteiger partial charge is 0.497 e. The maximum absolute atomic E-state index is 12.4. The number of amides is 1. The molecule has 0 bridgehead atoms. The lowest BCUT2D eigenvalue weighted by atomic mass is 10.2. The molecule has 0 fully saturated rings. The summed E-state index contributed by atoms with van der Waals surface area (Å²) in [6.07, 6.45) is 0. The van der Waals surface area contributed by atoms with Crippen molar-refractivity contribution >= 4 is 32.6 Å². The number of anilines is 1. The minimum absolute atomic E-state index is 0.330. The fraction of sp³-hybridized carbons (Fsp3) is 0.176. The van der Waals surface area contributed by atoms with Crippen LogP contribution in [-0.2, 0) is 0 Å². The average molecular weight is 359 g/mol. The van der Waals surface area contributed by atoms with Crippen molar-refractivity contribution in [2.24, 2.45) is 0 Å². The number of nitrogens with one attached hydrogen (secondary N) is 2. The molecular formula is C17H17N3O4S. The number of fused-ring (bicyclic) bond motifs is 1. The van der Waals surface area contributed by atoms with Crippen LogP contribution in [0.4, 0.5) is 5.13 Å². The zero-order valence-corrected chi connectivity index (χ0v) is 14.8. The molecule has 0 aliphatic carbocycles. The number of nitrogens with zero attached hydrogens (tertiary/aromatic N) is 1. The molecule has 7 nitrogen and oxygen atoms in total. The molecular weight excluding hydrogens is 342 g/mol. The Labute approximate surface area is 148 Å². The maximum atomic E-state index is 12.4. The standard InChI is InChI=1S/C17H17N3O4S/c1-22-11-7-10(8-12(9-11)23-2)16(21)19-20-17-18-15-13(24-3)5-4-6-14(15)25-17/h4-9H,1-3H3,(H,18,20)(H,19,21). The molecule has 2 aromatic carbocycles. The second-order valence-electron chi connectivity index (χ2n) is 5.01. The van der Waals surface area contributed by atoms with Gasteiger partial charge >= 0.3 is 0 Å². The average Bonchev–Trinajstić information content (AvgIpc) is 3.08. The summed E-state index contributed by atoms with van der Waals surface area (Å²) in [7, 11) is 4.66. The second-order valence-corrected chi connectivity index (χ2v) is 6.04. The van der Waals surface area contributed by atoms with E-state index in [1.54, 1.807) is 25.3 Å². The zero-order valence-electron chi connectivity index (χ0n) is 14.0. The molecule has 0 saturated heterocycles. The number of hydrogen-bond acceptors (Lipinski definition) is 7. The number of hydrazine groups is 1. The zero-order chi connectivity index (χ0) is 17.8. The van der Waals surface area contributed by atoms with Gasteiger partial charge in [-0.05, 0) is 24.3 Å². The van der Waals surface area contributed by atoms with Crippen molar-refractivity contribution in [2.45, 2.75) is 0 Å². The van der Waals surface area contributed by atoms with Gasteiger partial charge in [-0.1, -0.05) is 17.4 Å². The highest BCUT2D eigenvalue weighted by atomic mass is 32.1. The van der Waals surface area contributed by atoms with E-state index in [4.69, 9.17) is 14.2 Å². The third-order valence-corrected chi connectivity index (χ3v) is 4.43. The van der Waals surface area contributed by atoms with Crippen LogP contribution in [0, 0.1) is 0 Å². The third-order valence-electron chi connectivity index (χ3n) is 3.50. The molecule has 0 atom stereocenters. The van der Waals surface area contributed by atoms with Crippen molar-refractivity contribution in [2.75, 3.05) is 26.8 Å². The molecule has 25 heavy (non-hydrogen) atoms. The Kier molecular flexibility index (Phi) is 4.90. The highest BCUT2D eigenvalue weighted by Crippen LogP contribution is 2.31. The molecule has 1 amide bonds. The SMILES string of the molecule is COc1cc(OC)cc(C(=O)NNc2nc3c(OC)cccc3s2)c1. The van der Waals surface area contributed by atoms with Crippen molar-refractivity contribution < 1.29 is 19.0 Å². The number of benzene rings is 2. The van der Waals surface area contributed by atoms with E-state index in [1.807, 2.05) is 18.2 Å². The van der Waals surface area contributed by atoms with Crippen LogP contribution in [0.2, 0.25) is 0 Å². The number of carbonyl (C=O) groups excluding carboxylic acids is 1. The molecule has 8 heteroatoms. The van der Waals surface area contributed by atoms with Crippen LogP contribution >= 0.6 is 11.3 Å². The molecule has 0 unspecified atom stereocenters. The van der Waals surface area contributed by atoms with Crippen LogP contribution in [0.1, 0.15) is 10.4 Å². The van der Waals surface area contributed by atoms with Crippen molar-refractivity contribution in [3.8, 4) is 17.2 Å². The molecule has 0 spiro atoms. The van der Waals surface area contributed by atoms with Crippen molar-refractivity contribution in [3.63, 3.8) is 0 Å². The summed E-state index contributed by atoms with van der Waals surface area (Å²) in [5.74, 6) is 1.43. The Balaban J connectivity index is 1.76. The van der Waals surface area contributed by atoms with E-state index < -0.39 is 0 Å². The quantitative estimate of drug-likeness (QED) is 0.658. The first kappa shape index (κ1) is 16.8. The molecule has 1 heterocycles. The van der Waals surface area contributed by atoms with Crippen LogP contribution in [0.5, 0.6) is 17.2 Å². The Morgan fingerprint density at radius 1 is 1.04 bits per heavy atom. The molecule has 1 aromatic heterocycles. The second kappa shape index (κ2) is 7.27. The summed E-state index contributed by atoms with van der Waals surface area (Å²) in [5, 5.41) is 0.558. The van der Waals surface area contributed by atoms with Crippen LogP contribution in [-0.4, -0.2) is 32.2 Å². The predicted molar refractivity (Wildman–Crippen MR) is 96.8 cm³/mol. The Morgan fingerprint density at radius 2 is 1.76 bits per heavy atom. The molecule has 0 aliphatic heterocycles. The van der Waals surface area contributed by atoms with Crippen molar-refractivity contribution in [1.29, 1.82) is 0 Å². The van der Waals surface area contributed by atoms with Gasteiger partial charge in [0.1, 0.15) is 22.8 Å². The number of thiazole rings is 1. The van der Waals surface area contributed by atoms with Crippen LogP contribution in [0.25, 0.3) is 10.2 Å². The number of methoxy groups -OCH3 is 3. The smallest absolute Gasteiger partial charge is 0.269 e. The first-order valence-corrected chi connectivity index (χ1v) is 8.19. The van der Waals surface area contributed by atoms with E-state index in [-0.39, 0.29) is 5.91 Å². The van der Waals surface area contributed by atoms with E-state index in [1.165, 1.54) is 25.6 Å². The van der Waals surface area contributed by atoms with E-state index in [0.717, 1.165) is 10.2 Å². The lowest BCUT2D eigenvalue weighted by molar-refractivity contribution is 0.0962. The number of carbonyl (C=O) groups is 1. The molecule has 0 saturated carbocycles. The van der Waals surface area contributed by atoms with Gasteiger partial charge in [0.05, 0.1) is 26.0 Å². The van der Waals surface area contributed by atoms with Gasteiger partial charge in [0.2, 0.25) is 5.13 Å². The summed E-state index contributed by atoms with van der Waals surface area (Å²) in [5.41, 5.74) is 6.60. The van der Waals surface area contributed by atoms with Crippen LogP contribution in [0.15, 0.2) is 36.4 Å². The van der Waals surface area contributed by atoms with Gasteiger partial charge in [0.15, 0.2) is 0 Å². The number of hydrogen-bond donors (Lipinski definition) is 2. The topological polar surface area (TPSA) is 81.7 Å². The van der Waals surface area contributed by atoms with E-state index in [9.17, 15) is 4.79 Å². The monoisotopic (exact) mass is 359 g/mol. The van der Waals surface area contributed by atoms with E-state index in [0.29, 0.717) is 27.9 Å². The summed E-state index contributed by atoms with van der Waals surface area (Å²) >= 11 is 1.41. The molecule has 3 rings (SSSR count). The van der Waals surface area contributed by atoms with Gasteiger partial charge in [-0.3, -0.25) is 15.6 Å². The lowest BCUT2D eigenvalue weighted by Gasteiger charge is -2.09. The van der Waals surface area contributed by atoms with E-state index in [2.05, 4.69) is 15.8 Å². The Hall–Kier alpha value is -3.00. The van der Waals surface area contributed by atoms with Gasteiger partial charge in [-0.25, -0.2) is 4.98 Å². The summed E-state index contributed by atoms with van der Waals surface area (Å²) < 4.78 is 16.6. The normalized spacial score (nSPS) is 10.4. The number of rotatable bonds is 6. The Bertz CT molecular complexity index is 888. The predicted octanol–water partition coefficient (Wildman–Crippen LogP) is 3.08. The number of ether oxygens (including phenoxy) is 3. The fourth-order valence-corrected chi connectivity index (χ4v) is 3.10. The molecule has 0 aliphatic rings. The minimum Gasteiger partial charge on any atom is -0.497 e. The Morgan fingerprint density at radius 3 is 2.40 bits per heavy atom. The van der Waals surface area contributed by atoms with Gasteiger partial charge in [0.25, 0.3) is 5.91 Å². The summed E-state index contributed by atoms with van der Waals surface area (Å²) in [4.78, 5) is 16.8. The molecule has 3 aromatic rings. The third kappa shape index (κ3) is 3.58. The molecule has 130 valence electrons.